The molecule has 1 aliphatic carbocycles. The van der Waals surface area contributed by atoms with E-state index in [0.717, 1.165) is 43.8 Å². The molecule has 1 amide bonds. The van der Waals surface area contributed by atoms with Gasteiger partial charge in [-0.05, 0) is 63.0 Å². The number of carbonyl (C=O) groups is 1. The Bertz CT molecular complexity index is 992. The van der Waals surface area contributed by atoms with Gasteiger partial charge >= 0.3 is 0 Å². The monoisotopic (exact) mass is 440 g/mol. The van der Waals surface area contributed by atoms with Gasteiger partial charge in [-0.2, -0.15) is 5.10 Å². The van der Waals surface area contributed by atoms with E-state index in [0.29, 0.717) is 18.0 Å². The second-order valence-electron chi connectivity index (χ2n) is 8.90. The Labute approximate surface area is 188 Å². The molecule has 8 heteroatoms. The number of carbonyl (C=O) groups excluding carboxylic acids is 1. The zero-order valence-corrected chi connectivity index (χ0v) is 18.9. The normalized spacial score (nSPS) is 17.6. The summed E-state index contributed by atoms with van der Waals surface area (Å²) in [4.78, 5) is 27.7. The number of methoxy groups -OCH3 is 2. The molecule has 1 aromatic heterocycles. The number of aromatic nitrogens is 2. The zero-order chi connectivity index (χ0) is 22.6. The minimum absolute atomic E-state index is 0.119. The van der Waals surface area contributed by atoms with E-state index >= 15 is 0 Å². The van der Waals surface area contributed by atoms with Crippen molar-refractivity contribution in [2.75, 3.05) is 40.4 Å². The highest BCUT2D eigenvalue weighted by molar-refractivity contribution is 5.76. The van der Waals surface area contributed by atoms with E-state index in [1.165, 1.54) is 37.1 Å². The van der Waals surface area contributed by atoms with Crippen LogP contribution in [-0.4, -0.2) is 61.0 Å². The lowest BCUT2D eigenvalue weighted by atomic mass is 10.0. The van der Waals surface area contributed by atoms with E-state index in [1.807, 2.05) is 24.3 Å². The van der Waals surface area contributed by atoms with Gasteiger partial charge in [0.25, 0.3) is 5.56 Å². The van der Waals surface area contributed by atoms with Crippen molar-refractivity contribution in [1.29, 1.82) is 0 Å². The highest BCUT2D eigenvalue weighted by Crippen LogP contribution is 2.46. The van der Waals surface area contributed by atoms with Crippen molar-refractivity contribution >= 4 is 5.91 Å². The van der Waals surface area contributed by atoms with Crippen molar-refractivity contribution < 1.29 is 14.3 Å². The zero-order valence-electron chi connectivity index (χ0n) is 18.9. The molecule has 2 heterocycles. The van der Waals surface area contributed by atoms with E-state index in [-0.39, 0.29) is 23.4 Å². The van der Waals surface area contributed by atoms with Crippen molar-refractivity contribution in [3.8, 4) is 22.8 Å². The first-order valence-electron chi connectivity index (χ1n) is 11.3. The van der Waals surface area contributed by atoms with E-state index in [9.17, 15) is 9.59 Å². The van der Waals surface area contributed by atoms with Crippen molar-refractivity contribution in [2.45, 2.75) is 38.6 Å². The molecule has 0 unspecified atom stereocenters. The summed E-state index contributed by atoms with van der Waals surface area (Å²) in [5, 5.41) is 7.47. The van der Waals surface area contributed by atoms with Gasteiger partial charge in [-0.15, -0.1) is 0 Å². The van der Waals surface area contributed by atoms with Crippen molar-refractivity contribution in [3.63, 3.8) is 0 Å². The smallest absolute Gasteiger partial charge is 0.270 e. The molecular formula is C24H32N4O4. The number of rotatable bonds is 9. The van der Waals surface area contributed by atoms with Gasteiger partial charge in [-0.3, -0.25) is 9.59 Å². The van der Waals surface area contributed by atoms with Crippen LogP contribution in [0.4, 0.5) is 0 Å². The number of amides is 1. The lowest BCUT2D eigenvalue weighted by Gasteiger charge is -2.30. The maximum Gasteiger partial charge on any atom is 0.270 e. The molecule has 1 aliphatic heterocycles. The Morgan fingerprint density at radius 2 is 1.81 bits per heavy atom. The van der Waals surface area contributed by atoms with Crippen molar-refractivity contribution in [1.82, 2.24) is 20.0 Å². The quantitative estimate of drug-likeness (QED) is 0.644. The largest absolute Gasteiger partial charge is 0.497 e. The number of nitrogens with one attached hydrogen (secondary N) is 1. The van der Waals surface area contributed by atoms with Gasteiger partial charge in [-0.1, -0.05) is 6.42 Å². The number of piperidine rings is 1. The number of hydrogen-bond acceptors (Lipinski definition) is 6. The summed E-state index contributed by atoms with van der Waals surface area (Å²) in [5.41, 5.74) is 1.10. The average Bonchev–Trinajstić information content (AvgIpc) is 3.59. The molecule has 8 nitrogen and oxygen atoms in total. The van der Waals surface area contributed by atoms with E-state index in [1.54, 1.807) is 7.11 Å². The van der Waals surface area contributed by atoms with Crippen molar-refractivity contribution in [2.24, 2.45) is 5.41 Å². The van der Waals surface area contributed by atoms with Gasteiger partial charge in [0.15, 0.2) is 5.75 Å². The summed E-state index contributed by atoms with van der Waals surface area (Å²) in [6, 6.07) is 8.69. The van der Waals surface area contributed by atoms with Gasteiger partial charge < -0.3 is 19.7 Å². The first-order valence-corrected chi connectivity index (χ1v) is 11.3. The minimum atomic E-state index is -0.372. The van der Waals surface area contributed by atoms with Crippen LogP contribution in [0, 0.1) is 5.41 Å². The first kappa shape index (κ1) is 22.3. The third-order valence-electron chi connectivity index (χ3n) is 6.47. The average molecular weight is 441 g/mol. The van der Waals surface area contributed by atoms with Crippen LogP contribution in [0.1, 0.15) is 32.1 Å². The van der Waals surface area contributed by atoms with E-state index in [2.05, 4.69) is 15.3 Å². The Morgan fingerprint density at radius 3 is 2.44 bits per heavy atom. The fourth-order valence-electron chi connectivity index (χ4n) is 4.33. The third kappa shape index (κ3) is 5.30. The summed E-state index contributed by atoms with van der Waals surface area (Å²) in [6.07, 6.45) is 6.15. The number of benzene rings is 1. The van der Waals surface area contributed by atoms with Gasteiger partial charge in [-0.25, -0.2) is 4.68 Å². The first-order chi connectivity index (χ1) is 15.5. The van der Waals surface area contributed by atoms with Crippen LogP contribution in [0.15, 0.2) is 35.1 Å². The summed E-state index contributed by atoms with van der Waals surface area (Å²) in [7, 11) is 3.10. The molecule has 4 rings (SSSR count). The summed E-state index contributed by atoms with van der Waals surface area (Å²) in [5.74, 6) is 0.893. The number of likely N-dealkylation sites (tertiary alicyclic amines) is 1. The van der Waals surface area contributed by atoms with Gasteiger partial charge in [0.05, 0.1) is 14.2 Å². The van der Waals surface area contributed by atoms with Gasteiger partial charge in [0, 0.05) is 30.1 Å². The van der Waals surface area contributed by atoms with Gasteiger partial charge in [0.1, 0.15) is 18.0 Å². The highest BCUT2D eigenvalue weighted by atomic mass is 16.5. The predicted octanol–water partition coefficient (Wildman–Crippen LogP) is 2.31. The molecule has 32 heavy (non-hydrogen) atoms. The number of hydrogen-bond donors (Lipinski definition) is 1. The van der Waals surface area contributed by atoms with Crippen LogP contribution in [0.2, 0.25) is 0 Å². The minimum Gasteiger partial charge on any atom is -0.497 e. The molecule has 1 N–H and O–H groups in total. The topological polar surface area (TPSA) is 85.7 Å². The second-order valence-corrected chi connectivity index (χ2v) is 8.90. The second kappa shape index (κ2) is 9.73. The molecule has 0 spiro atoms. The molecular weight excluding hydrogens is 408 g/mol. The molecule has 172 valence electrons. The van der Waals surface area contributed by atoms with Crippen LogP contribution in [0.5, 0.6) is 11.5 Å². The van der Waals surface area contributed by atoms with E-state index < -0.39 is 0 Å². The molecule has 0 atom stereocenters. The maximum absolute atomic E-state index is 12.6. The van der Waals surface area contributed by atoms with Crippen LogP contribution in [0.25, 0.3) is 11.3 Å². The molecule has 2 aliphatic rings. The third-order valence-corrected chi connectivity index (χ3v) is 6.47. The summed E-state index contributed by atoms with van der Waals surface area (Å²) >= 11 is 0. The molecule has 1 aromatic carbocycles. The fraction of sp³-hybridized carbons (Fsp3) is 0.542. The molecule has 1 saturated carbocycles. The lowest BCUT2D eigenvalue weighted by molar-refractivity contribution is -0.122. The van der Waals surface area contributed by atoms with E-state index in [4.69, 9.17) is 9.47 Å². The molecule has 1 saturated heterocycles. The predicted molar refractivity (Wildman–Crippen MR) is 122 cm³/mol. The number of nitrogens with zero attached hydrogens (tertiary/aromatic N) is 3. The van der Waals surface area contributed by atoms with Crippen LogP contribution >= 0.6 is 0 Å². The highest BCUT2D eigenvalue weighted by Gasteiger charge is 2.44. The lowest BCUT2D eigenvalue weighted by Crippen LogP contribution is -2.41. The fourth-order valence-corrected chi connectivity index (χ4v) is 4.33. The SMILES string of the molecule is COc1ccc(-c2nn(CC(=O)NCC3(CN4CCCCC4)CC3)c(=O)cc2OC)cc1. The van der Waals surface area contributed by atoms with Crippen LogP contribution < -0.4 is 20.3 Å². The summed E-state index contributed by atoms with van der Waals surface area (Å²) < 4.78 is 11.8. The Kier molecular flexibility index (Phi) is 6.79. The maximum atomic E-state index is 12.6. The molecule has 0 radical (unpaired) electrons. The molecule has 0 bridgehead atoms. The van der Waals surface area contributed by atoms with Crippen LogP contribution in [0.3, 0.4) is 0 Å². The van der Waals surface area contributed by atoms with Crippen LogP contribution in [-0.2, 0) is 11.3 Å². The standard InChI is InChI=1S/C24H32N4O4/c1-31-19-8-6-18(7-9-19)23-20(32-2)14-22(30)28(26-23)15-21(29)25-16-24(10-11-24)17-27-12-4-3-5-13-27/h6-9,14H,3-5,10-13,15-17H2,1-2H3,(H,25,29). The summed E-state index contributed by atoms with van der Waals surface area (Å²) in [6.45, 7) is 3.91. The molecule has 2 aromatic rings. The number of ether oxygens (including phenoxy) is 2. The van der Waals surface area contributed by atoms with Crippen molar-refractivity contribution in [3.05, 3.63) is 40.7 Å². The Hall–Kier alpha value is -2.87. The van der Waals surface area contributed by atoms with Gasteiger partial charge in [0.2, 0.25) is 5.91 Å². The Morgan fingerprint density at radius 1 is 1.09 bits per heavy atom. The molecule has 2 fully saturated rings. The Balaban J connectivity index is 1.41.